The molecular formula is C24H37FN2O. The summed E-state index contributed by atoms with van der Waals surface area (Å²) in [6, 6.07) is 4.86. The van der Waals surface area contributed by atoms with Gasteiger partial charge in [-0.2, -0.15) is 0 Å². The number of aromatic nitrogens is 1. The Balaban J connectivity index is 1.88. The number of carbonyl (C=O) groups is 1. The van der Waals surface area contributed by atoms with E-state index in [1.54, 1.807) is 0 Å². The number of carbonyl (C=O) groups excluding carboxylic acids is 1. The minimum absolute atomic E-state index is 0.0357. The van der Waals surface area contributed by atoms with Crippen molar-refractivity contribution in [2.45, 2.75) is 91.5 Å². The third kappa shape index (κ3) is 6.96. The van der Waals surface area contributed by atoms with E-state index in [0.717, 1.165) is 35.7 Å². The molecule has 0 bridgehead atoms. The van der Waals surface area contributed by atoms with Gasteiger partial charge in [0, 0.05) is 29.6 Å². The lowest BCUT2D eigenvalue weighted by atomic mass is 9.83. The van der Waals surface area contributed by atoms with Gasteiger partial charge in [0.15, 0.2) is 0 Å². The first-order valence-electron chi connectivity index (χ1n) is 10.9. The van der Waals surface area contributed by atoms with Crippen LogP contribution in [0.2, 0.25) is 0 Å². The number of unbranched alkanes of at least 4 members (excludes halogenated alkanes) is 6. The first-order chi connectivity index (χ1) is 13.3. The molecule has 28 heavy (non-hydrogen) atoms. The minimum atomic E-state index is -0.240. The van der Waals surface area contributed by atoms with Crippen molar-refractivity contribution in [2.75, 3.05) is 0 Å². The molecule has 0 radical (unpaired) electrons. The van der Waals surface area contributed by atoms with E-state index in [2.05, 4.69) is 38.0 Å². The lowest BCUT2D eigenvalue weighted by molar-refractivity contribution is -0.122. The first-order valence-corrected chi connectivity index (χ1v) is 10.9. The zero-order valence-corrected chi connectivity index (χ0v) is 18.0. The molecule has 0 saturated heterocycles. The minimum Gasteiger partial charge on any atom is -0.361 e. The van der Waals surface area contributed by atoms with Crippen molar-refractivity contribution in [3.63, 3.8) is 0 Å². The van der Waals surface area contributed by atoms with E-state index >= 15 is 0 Å². The van der Waals surface area contributed by atoms with Gasteiger partial charge in [0.25, 0.3) is 0 Å². The second kappa shape index (κ2) is 10.6. The molecule has 2 aromatic rings. The topological polar surface area (TPSA) is 44.9 Å². The third-order valence-electron chi connectivity index (χ3n) is 5.54. The summed E-state index contributed by atoms with van der Waals surface area (Å²) in [6.45, 7) is 8.69. The highest BCUT2D eigenvalue weighted by atomic mass is 19.1. The summed E-state index contributed by atoms with van der Waals surface area (Å²) in [4.78, 5) is 15.7. The second-order valence-electron chi connectivity index (χ2n) is 9.07. The Morgan fingerprint density at radius 3 is 2.46 bits per heavy atom. The fraction of sp³-hybridized carbons (Fsp3) is 0.625. The van der Waals surface area contributed by atoms with E-state index in [-0.39, 0.29) is 23.2 Å². The summed E-state index contributed by atoms with van der Waals surface area (Å²) in [5, 5.41) is 4.28. The van der Waals surface area contributed by atoms with Crippen LogP contribution >= 0.6 is 0 Å². The molecular weight excluding hydrogens is 351 g/mol. The van der Waals surface area contributed by atoms with Crippen LogP contribution in [0.5, 0.6) is 0 Å². The Morgan fingerprint density at radius 2 is 1.79 bits per heavy atom. The third-order valence-corrected chi connectivity index (χ3v) is 5.54. The molecule has 2 rings (SSSR count). The second-order valence-corrected chi connectivity index (χ2v) is 9.07. The van der Waals surface area contributed by atoms with Gasteiger partial charge in [-0.15, -0.1) is 0 Å². The molecule has 1 unspecified atom stereocenters. The summed E-state index contributed by atoms with van der Waals surface area (Å²) in [5.74, 6) is -0.101. The Morgan fingerprint density at radius 1 is 1.11 bits per heavy atom. The standard InChI is InChI=1S/C24H37FN2O/c1-5-6-7-8-9-10-11-12-23(28)27-22(24(2,3)4)15-18-17-26-21-16-19(25)13-14-20(18)21/h13-14,16-17,22,26H,5-12,15H2,1-4H3,(H,27,28). The van der Waals surface area contributed by atoms with Crippen LogP contribution in [0.3, 0.4) is 0 Å². The highest BCUT2D eigenvalue weighted by Crippen LogP contribution is 2.27. The maximum Gasteiger partial charge on any atom is 0.220 e. The number of fused-ring (bicyclic) bond motifs is 1. The molecule has 0 aliphatic carbocycles. The number of hydrogen-bond donors (Lipinski definition) is 2. The predicted octanol–water partition coefficient (Wildman–Crippen LogP) is 6.52. The van der Waals surface area contributed by atoms with E-state index in [9.17, 15) is 9.18 Å². The number of benzene rings is 1. The Kier molecular flexibility index (Phi) is 8.53. The van der Waals surface area contributed by atoms with Crippen LogP contribution in [-0.4, -0.2) is 16.9 Å². The Bertz CT molecular complexity index is 745. The average Bonchev–Trinajstić information content (AvgIpc) is 3.01. The molecule has 4 heteroatoms. The molecule has 0 saturated carbocycles. The number of aromatic amines is 1. The summed E-state index contributed by atoms with van der Waals surface area (Å²) in [7, 11) is 0. The molecule has 0 fully saturated rings. The number of amides is 1. The van der Waals surface area contributed by atoms with Crippen molar-refractivity contribution in [3.8, 4) is 0 Å². The van der Waals surface area contributed by atoms with Gasteiger partial charge in [0.2, 0.25) is 5.91 Å². The molecule has 1 amide bonds. The monoisotopic (exact) mass is 388 g/mol. The van der Waals surface area contributed by atoms with Crippen LogP contribution < -0.4 is 5.32 Å². The van der Waals surface area contributed by atoms with Crippen molar-refractivity contribution >= 4 is 16.8 Å². The number of rotatable bonds is 11. The number of H-pyrrole nitrogens is 1. The quantitative estimate of drug-likeness (QED) is 0.423. The zero-order chi connectivity index (χ0) is 20.6. The molecule has 1 aromatic carbocycles. The van der Waals surface area contributed by atoms with Crippen molar-refractivity contribution in [3.05, 3.63) is 35.8 Å². The fourth-order valence-electron chi connectivity index (χ4n) is 3.63. The van der Waals surface area contributed by atoms with E-state index in [1.807, 2.05) is 12.3 Å². The Hall–Kier alpha value is -1.84. The van der Waals surface area contributed by atoms with Gasteiger partial charge in [-0.25, -0.2) is 4.39 Å². The molecule has 0 spiro atoms. The molecule has 156 valence electrons. The van der Waals surface area contributed by atoms with Crippen LogP contribution in [0.4, 0.5) is 4.39 Å². The lowest BCUT2D eigenvalue weighted by Gasteiger charge is -2.31. The average molecular weight is 389 g/mol. The van der Waals surface area contributed by atoms with Gasteiger partial charge in [-0.1, -0.05) is 66.2 Å². The lowest BCUT2D eigenvalue weighted by Crippen LogP contribution is -2.45. The summed E-state index contributed by atoms with van der Waals surface area (Å²) >= 11 is 0. The largest absolute Gasteiger partial charge is 0.361 e. The molecule has 2 N–H and O–H groups in total. The maximum atomic E-state index is 13.4. The molecule has 3 nitrogen and oxygen atoms in total. The number of hydrogen-bond acceptors (Lipinski definition) is 1. The van der Waals surface area contributed by atoms with E-state index in [1.165, 1.54) is 44.2 Å². The van der Waals surface area contributed by atoms with Crippen LogP contribution in [0.1, 0.15) is 84.6 Å². The normalized spacial score (nSPS) is 13.0. The molecule has 0 aliphatic rings. The highest BCUT2D eigenvalue weighted by molar-refractivity contribution is 5.83. The zero-order valence-electron chi connectivity index (χ0n) is 18.0. The molecule has 1 atom stereocenters. The van der Waals surface area contributed by atoms with Crippen molar-refractivity contribution < 1.29 is 9.18 Å². The van der Waals surface area contributed by atoms with Gasteiger partial charge in [-0.05, 0) is 42.0 Å². The van der Waals surface area contributed by atoms with Crippen LogP contribution in [0.15, 0.2) is 24.4 Å². The van der Waals surface area contributed by atoms with E-state index < -0.39 is 0 Å². The summed E-state index contributed by atoms with van der Waals surface area (Å²) < 4.78 is 13.4. The SMILES string of the molecule is CCCCCCCCCC(=O)NC(Cc1c[nH]c2cc(F)ccc12)C(C)(C)C. The fourth-order valence-corrected chi connectivity index (χ4v) is 3.63. The number of halogens is 1. The Labute approximate surface area is 169 Å². The molecule has 1 heterocycles. The summed E-state index contributed by atoms with van der Waals surface area (Å²) in [5.41, 5.74) is 1.86. The van der Waals surface area contributed by atoms with Crippen molar-refractivity contribution in [1.82, 2.24) is 10.3 Å². The predicted molar refractivity (Wildman–Crippen MR) is 116 cm³/mol. The van der Waals surface area contributed by atoms with Crippen molar-refractivity contribution in [2.24, 2.45) is 5.41 Å². The maximum absolute atomic E-state index is 13.4. The van der Waals surface area contributed by atoms with Gasteiger partial charge >= 0.3 is 0 Å². The molecule has 0 aliphatic heterocycles. The van der Waals surface area contributed by atoms with Gasteiger partial charge in [0.1, 0.15) is 5.82 Å². The first kappa shape index (κ1) is 22.4. The van der Waals surface area contributed by atoms with Crippen LogP contribution in [0, 0.1) is 11.2 Å². The van der Waals surface area contributed by atoms with Gasteiger partial charge in [-0.3, -0.25) is 4.79 Å². The summed E-state index contributed by atoms with van der Waals surface area (Å²) in [6.07, 6.45) is 11.7. The highest BCUT2D eigenvalue weighted by Gasteiger charge is 2.27. The van der Waals surface area contributed by atoms with Crippen LogP contribution in [-0.2, 0) is 11.2 Å². The van der Waals surface area contributed by atoms with Crippen molar-refractivity contribution in [1.29, 1.82) is 0 Å². The smallest absolute Gasteiger partial charge is 0.220 e. The number of nitrogens with one attached hydrogen (secondary N) is 2. The van der Waals surface area contributed by atoms with E-state index in [0.29, 0.717) is 6.42 Å². The van der Waals surface area contributed by atoms with E-state index in [4.69, 9.17) is 0 Å². The van der Waals surface area contributed by atoms with Gasteiger partial charge < -0.3 is 10.3 Å². The van der Waals surface area contributed by atoms with Gasteiger partial charge in [0.05, 0.1) is 0 Å². The van der Waals surface area contributed by atoms with Crippen LogP contribution in [0.25, 0.3) is 10.9 Å². The molecule has 1 aromatic heterocycles.